The van der Waals surface area contributed by atoms with E-state index in [4.69, 9.17) is 0 Å². The first kappa shape index (κ1) is 16.5. The molecule has 2 aromatic rings. The number of aryl methyl sites for hydroxylation is 1. The minimum absolute atomic E-state index is 0.333. The molecule has 4 rings (SSSR count). The largest absolute Gasteiger partial charge is 0.312 e. The highest BCUT2D eigenvalue weighted by Crippen LogP contribution is 2.26. The van der Waals surface area contributed by atoms with Crippen LogP contribution in [0, 0.1) is 0 Å². The Balaban J connectivity index is 1.58. The van der Waals surface area contributed by atoms with Crippen molar-refractivity contribution in [2.45, 2.75) is 25.9 Å². The summed E-state index contributed by atoms with van der Waals surface area (Å²) < 4.78 is 1.63. The molecule has 8 heteroatoms. The van der Waals surface area contributed by atoms with Crippen molar-refractivity contribution in [3.8, 4) is 0 Å². The van der Waals surface area contributed by atoms with Gasteiger partial charge in [-0.1, -0.05) is 12.1 Å². The zero-order chi connectivity index (χ0) is 18.4. The van der Waals surface area contributed by atoms with Crippen molar-refractivity contribution in [2.24, 2.45) is 7.05 Å². The van der Waals surface area contributed by atoms with Gasteiger partial charge in [0.05, 0.1) is 16.8 Å². The summed E-state index contributed by atoms with van der Waals surface area (Å²) in [5.74, 6) is -0.708. The van der Waals surface area contributed by atoms with E-state index in [0.717, 1.165) is 29.1 Å². The minimum atomic E-state index is -0.926. The van der Waals surface area contributed by atoms with Gasteiger partial charge in [0.1, 0.15) is 11.9 Å². The lowest BCUT2D eigenvalue weighted by atomic mass is 10.1. The van der Waals surface area contributed by atoms with Gasteiger partial charge in [0.15, 0.2) is 0 Å². The van der Waals surface area contributed by atoms with Gasteiger partial charge < -0.3 is 10.6 Å². The fourth-order valence-corrected chi connectivity index (χ4v) is 3.48. The van der Waals surface area contributed by atoms with E-state index in [9.17, 15) is 14.4 Å². The molecule has 1 atom stereocenters. The Morgan fingerprint density at radius 1 is 1.23 bits per heavy atom. The number of fused-ring (bicyclic) bond motifs is 2. The standard InChI is InChI=1S/C18H19N5O3/c1-10(23-17(25)11-5-3-4-6-12(11)18(23)26)16(24)20-15-13-9-19-8-7-14(13)21-22(15)2/h3-6,10,19H,7-9H2,1-2H3,(H,20,24). The minimum Gasteiger partial charge on any atom is -0.312 e. The summed E-state index contributed by atoms with van der Waals surface area (Å²) in [5, 5.41) is 10.5. The molecule has 2 aliphatic heterocycles. The first-order valence-electron chi connectivity index (χ1n) is 8.52. The fraction of sp³-hybridized carbons (Fsp3) is 0.333. The van der Waals surface area contributed by atoms with Crippen LogP contribution in [0.4, 0.5) is 5.82 Å². The second-order valence-corrected chi connectivity index (χ2v) is 6.52. The van der Waals surface area contributed by atoms with Crippen LogP contribution < -0.4 is 10.6 Å². The Bertz CT molecular complexity index is 898. The number of aromatic nitrogens is 2. The molecule has 0 fully saturated rings. The zero-order valence-corrected chi connectivity index (χ0v) is 14.6. The van der Waals surface area contributed by atoms with Crippen LogP contribution in [0.25, 0.3) is 0 Å². The molecule has 0 spiro atoms. The maximum absolute atomic E-state index is 12.8. The van der Waals surface area contributed by atoms with Crippen LogP contribution in [0.2, 0.25) is 0 Å². The van der Waals surface area contributed by atoms with Gasteiger partial charge in [-0.3, -0.25) is 24.0 Å². The molecule has 3 heterocycles. The summed E-state index contributed by atoms with van der Waals surface area (Å²) in [4.78, 5) is 38.9. The summed E-state index contributed by atoms with van der Waals surface area (Å²) in [6.07, 6.45) is 0.799. The second kappa shape index (κ2) is 6.06. The van der Waals surface area contributed by atoms with Crippen LogP contribution >= 0.6 is 0 Å². The number of carbonyl (C=O) groups excluding carboxylic acids is 3. The normalized spacial score (nSPS) is 17.1. The number of amides is 3. The molecule has 1 aromatic heterocycles. The summed E-state index contributed by atoms with van der Waals surface area (Å²) in [6, 6.07) is 5.68. The number of carbonyl (C=O) groups is 3. The zero-order valence-electron chi connectivity index (χ0n) is 14.6. The molecular weight excluding hydrogens is 334 g/mol. The summed E-state index contributed by atoms with van der Waals surface area (Å²) in [7, 11) is 1.76. The molecule has 0 saturated carbocycles. The molecule has 1 aromatic carbocycles. The Labute approximate surface area is 150 Å². The molecule has 2 aliphatic rings. The Morgan fingerprint density at radius 2 is 1.88 bits per heavy atom. The lowest BCUT2D eigenvalue weighted by Crippen LogP contribution is -2.45. The Kier molecular flexibility index (Phi) is 3.84. The van der Waals surface area contributed by atoms with Crippen molar-refractivity contribution in [3.05, 3.63) is 46.6 Å². The van der Waals surface area contributed by atoms with Crippen LogP contribution in [-0.2, 0) is 24.8 Å². The van der Waals surface area contributed by atoms with Gasteiger partial charge in [-0.25, -0.2) is 0 Å². The molecule has 3 amide bonds. The lowest BCUT2D eigenvalue weighted by Gasteiger charge is -2.22. The monoisotopic (exact) mass is 353 g/mol. The van der Waals surface area contributed by atoms with E-state index in [1.165, 1.54) is 0 Å². The average Bonchev–Trinajstić information content (AvgIpc) is 3.09. The van der Waals surface area contributed by atoms with Gasteiger partial charge in [-0.2, -0.15) is 5.10 Å². The molecule has 0 bridgehead atoms. The van der Waals surface area contributed by atoms with Crippen LogP contribution in [0.15, 0.2) is 24.3 Å². The topological polar surface area (TPSA) is 96.3 Å². The van der Waals surface area contributed by atoms with Crippen molar-refractivity contribution < 1.29 is 14.4 Å². The van der Waals surface area contributed by atoms with E-state index in [1.54, 1.807) is 42.9 Å². The van der Waals surface area contributed by atoms with Crippen molar-refractivity contribution >= 4 is 23.5 Å². The van der Waals surface area contributed by atoms with Crippen molar-refractivity contribution in [1.82, 2.24) is 20.0 Å². The fourth-order valence-electron chi connectivity index (χ4n) is 3.48. The lowest BCUT2D eigenvalue weighted by molar-refractivity contribution is -0.119. The summed E-state index contributed by atoms with van der Waals surface area (Å²) in [5.41, 5.74) is 2.56. The molecule has 2 N–H and O–H groups in total. The number of anilines is 1. The molecule has 8 nitrogen and oxygen atoms in total. The third kappa shape index (κ3) is 2.41. The van der Waals surface area contributed by atoms with Gasteiger partial charge in [-0.15, -0.1) is 0 Å². The summed E-state index contributed by atoms with van der Waals surface area (Å²) in [6.45, 7) is 3.03. The number of nitrogens with zero attached hydrogens (tertiary/aromatic N) is 3. The van der Waals surface area contributed by atoms with E-state index in [0.29, 0.717) is 23.5 Å². The van der Waals surface area contributed by atoms with Crippen molar-refractivity contribution in [1.29, 1.82) is 0 Å². The maximum Gasteiger partial charge on any atom is 0.262 e. The molecule has 0 saturated heterocycles. The van der Waals surface area contributed by atoms with E-state index >= 15 is 0 Å². The van der Waals surface area contributed by atoms with Gasteiger partial charge in [-0.05, 0) is 19.1 Å². The molecule has 134 valence electrons. The van der Waals surface area contributed by atoms with E-state index in [2.05, 4.69) is 15.7 Å². The number of imide groups is 1. The molecule has 0 radical (unpaired) electrons. The van der Waals surface area contributed by atoms with Gasteiger partial charge in [0.2, 0.25) is 5.91 Å². The highest BCUT2D eigenvalue weighted by atomic mass is 16.2. The molecule has 26 heavy (non-hydrogen) atoms. The number of hydrogen-bond donors (Lipinski definition) is 2. The predicted molar refractivity (Wildman–Crippen MR) is 93.7 cm³/mol. The van der Waals surface area contributed by atoms with E-state index in [-0.39, 0.29) is 0 Å². The third-order valence-corrected chi connectivity index (χ3v) is 4.90. The highest BCUT2D eigenvalue weighted by molar-refractivity contribution is 6.23. The number of benzene rings is 1. The maximum atomic E-state index is 12.8. The van der Waals surface area contributed by atoms with E-state index < -0.39 is 23.8 Å². The molecule has 1 unspecified atom stereocenters. The molecular formula is C18H19N5O3. The number of nitrogens with one attached hydrogen (secondary N) is 2. The quantitative estimate of drug-likeness (QED) is 0.792. The van der Waals surface area contributed by atoms with Crippen molar-refractivity contribution in [2.75, 3.05) is 11.9 Å². The smallest absolute Gasteiger partial charge is 0.262 e. The Hall–Kier alpha value is -3.00. The van der Waals surface area contributed by atoms with E-state index in [1.807, 2.05) is 0 Å². The van der Waals surface area contributed by atoms with Crippen LogP contribution in [-0.4, -0.2) is 45.0 Å². The van der Waals surface area contributed by atoms with Gasteiger partial charge in [0, 0.05) is 32.1 Å². The molecule has 0 aliphatic carbocycles. The number of rotatable bonds is 3. The summed E-state index contributed by atoms with van der Waals surface area (Å²) >= 11 is 0. The first-order valence-corrected chi connectivity index (χ1v) is 8.52. The SMILES string of the molecule is CC(C(=O)Nc1c2c(nn1C)CCNC2)N1C(=O)c2ccccc2C1=O. The van der Waals surface area contributed by atoms with Crippen LogP contribution in [0.1, 0.15) is 38.9 Å². The van der Waals surface area contributed by atoms with Crippen molar-refractivity contribution in [3.63, 3.8) is 0 Å². The highest BCUT2D eigenvalue weighted by Gasteiger charge is 2.40. The van der Waals surface area contributed by atoms with Gasteiger partial charge >= 0.3 is 0 Å². The van der Waals surface area contributed by atoms with Crippen LogP contribution in [0.3, 0.4) is 0 Å². The first-order chi connectivity index (χ1) is 12.5. The number of hydrogen-bond acceptors (Lipinski definition) is 5. The average molecular weight is 353 g/mol. The predicted octanol–water partition coefficient (Wildman–Crippen LogP) is 0.689. The third-order valence-electron chi connectivity index (χ3n) is 4.90. The van der Waals surface area contributed by atoms with Gasteiger partial charge in [0.25, 0.3) is 11.8 Å². The Morgan fingerprint density at radius 3 is 2.54 bits per heavy atom. The van der Waals surface area contributed by atoms with Crippen LogP contribution in [0.5, 0.6) is 0 Å². The second-order valence-electron chi connectivity index (χ2n) is 6.52.